The number of rotatable bonds is 3. The number of ether oxygens (including phenoxy) is 1. The topological polar surface area (TPSA) is 77.3 Å². The number of hydrogen-bond acceptors (Lipinski definition) is 5. The predicted octanol–water partition coefficient (Wildman–Crippen LogP) is 0.594. The SMILES string of the molecule is CC1COC(CCl)CN1S(=O)(=O)c1c(Br)nnn1C. The summed E-state index contributed by atoms with van der Waals surface area (Å²) >= 11 is 8.86. The molecule has 2 heterocycles. The molecule has 1 fully saturated rings. The van der Waals surface area contributed by atoms with Crippen LogP contribution in [0.3, 0.4) is 0 Å². The van der Waals surface area contributed by atoms with Gasteiger partial charge in [-0.15, -0.1) is 16.7 Å². The Morgan fingerprint density at radius 3 is 2.79 bits per heavy atom. The van der Waals surface area contributed by atoms with Crippen LogP contribution in [0.4, 0.5) is 0 Å². The van der Waals surface area contributed by atoms with Gasteiger partial charge in [-0.1, -0.05) is 5.21 Å². The second-order valence-electron chi connectivity index (χ2n) is 4.34. The number of sulfonamides is 1. The van der Waals surface area contributed by atoms with Crippen molar-refractivity contribution < 1.29 is 13.2 Å². The average molecular weight is 374 g/mol. The number of morpholine rings is 1. The summed E-state index contributed by atoms with van der Waals surface area (Å²) in [6.45, 7) is 2.34. The maximum Gasteiger partial charge on any atom is 0.263 e. The lowest BCUT2D eigenvalue weighted by atomic mass is 10.2. The zero-order valence-corrected chi connectivity index (χ0v) is 13.6. The Morgan fingerprint density at radius 2 is 2.26 bits per heavy atom. The van der Waals surface area contributed by atoms with Crippen LogP contribution in [0.25, 0.3) is 0 Å². The lowest BCUT2D eigenvalue weighted by Gasteiger charge is -2.36. The number of halogens is 2. The molecule has 1 saturated heterocycles. The van der Waals surface area contributed by atoms with E-state index in [1.54, 1.807) is 6.92 Å². The minimum Gasteiger partial charge on any atom is -0.374 e. The molecule has 10 heteroatoms. The molecule has 1 aromatic rings. The molecular formula is C9H14BrClN4O3S. The molecule has 7 nitrogen and oxygen atoms in total. The van der Waals surface area contributed by atoms with E-state index >= 15 is 0 Å². The molecule has 108 valence electrons. The molecule has 1 aromatic heterocycles. The number of aromatic nitrogens is 3. The van der Waals surface area contributed by atoms with Crippen LogP contribution in [0.1, 0.15) is 6.92 Å². The summed E-state index contributed by atoms with van der Waals surface area (Å²) in [6, 6.07) is -0.258. The van der Waals surface area contributed by atoms with Crippen LogP contribution in [0.15, 0.2) is 9.63 Å². The summed E-state index contributed by atoms with van der Waals surface area (Å²) < 4.78 is 33.6. The summed E-state index contributed by atoms with van der Waals surface area (Å²) in [5.74, 6) is 0.254. The zero-order chi connectivity index (χ0) is 14.2. The molecule has 2 rings (SSSR count). The average Bonchev–Trinajstić information content (AvgIpc) is 2.70. The normalized spacial score (nSPS) is 25.7. The van der Waals surface area contributed by atoms with E-state index in [4.69, 9.17) is 16.3 Å². The number of alkyl halides is 1. The Labute approximate surface area is 125 Å². The minimum absolute atomic E-state index is 0.0366. The third kappa shape index (κ3) is 2.80. The Hall–Kier alpha value is -0.220. The smallest absolute Gasteiger partial charge is 0.263 e. The van der Waals surface area contributed by atoms with Crippen LogP contribution in [0.2, 0.25) is 0 Å². The summed E-state index contributed by atoms with van der Waals surface area (Å²) in [6.07, 6.45) is -0.299. The van der Waals surface area contributed by atoms with Gasteiger partial charge in [0.25, 0.3) is 10.0 Å². The molecule has 0 aromatic carbocycles. The van der Waals surface area contributed by atoms with Crippen LogP contribution in [-0.2, 0) is 21.8 Å². The second kappa shape index (κ2) is 5.65. The van der Waals surface area contributed by atoms with E-state index in [1.807, 2.05) is 0 Å². The highest BCUT2D eigenvalue weighted by Crippen LogP contribution is 2.26. The molecule has 0 radical (unpaired) electrons. The van der Waals surface area contributed by atoms with Crippen molar-refractivity contribution in [3.05, 3.63) is 4.60 Å². The maximum absolute atomic E-state index is 12.7. The van der Waals surface area contributed by atoms with Gasteiger partial charge < -0.3 is 4.74 Å². The Kier molecular flexibility index (Phi) is 4.51. The molecule has 2 atom stereocenters. The van der Waals surface area contributed by atoms with E-state index in [1.165, 1.54) is 16.0 Å². The Morgan fingerprint density at radius 1 is 1.58 bits per heavy atom. The predicted molar refractivity (Wildman–Crippen MR) is 72.5 cm³/mol. The van der Waals surface area contributed by atoms with Gasteiger partial charge in [0.05, 0.1) is 12.7 Å². The third-order valence-corrected chi connectivity index (χ3v) is 6.12. The highest BCUT2D eigenvalue weighted by molar-refractivity contribution is 9.10. The Bertz CT molecular complexity index is 544. The molecule has 0 amide bonds. The summed E-state index contributed by atoms with van der Waals surface area (Å²) in [5.41, 5.74) is 0. The first-order valence-corrected chi connectivity index (χ1v) is 8.39. The molecule has 2 unspecified atom stereocenters. The quantitative estimate of drug-likeness (QED) is 0.725. The van der Waals surface area contributed by atoms with E-state index in [-0.39, 0.29) is 34.2 Å². The number of hydrogen-bond donors (Lipinski definition) is 0. The van der Waals surface area contributed by atoms with Gasteiger partial charge in [-0.3, -0.25) is 0 Å². The standard InChI is InChI=1S/C9H14BrClN4O3S/c1-6-5-18-7(3-11)4-15(6)19(16,17)9-8(10)12-13-14(9)2/h6-7H,3-5H2,1-2H3. The largest absolute Gasteiger partial charge is 0.374 e. The summed E-state index contributed by atoms with van der Waals surface area (Å²) in [7, 11) is -2.15. The van der Waals surface area contributed by atoms with E-state index in [0.29, 0.717) is 6.61 Å². The first-order chi connectivity index (χ1) is 8.87. The molecule has 0 spiro atoms. The van der Waals surface area contributed by atoms with Crippen molar-refractivity contribution in [2.45, 2.75) is 24.1 Å². The fraction of sp³-hybridized carbons (Fsp3) is 0.778. The highest BCUT2D eigenvalue weighted by atomic mass is 79.9. The van der Waals surface area contributed by atoms with Crippen LogP contribution in [0, 0.1) is 0 Å². The van der Waals surface area contributed by atoms with Crippen molar-refractivity contribution >= 4 is 37.6 Å². The van der Waals surface area contributed by atoms with Crippen LogP contribution >= 0.6 is 27.5 Å². The molecule has 1 aliphatic heterocycles. The summed E-state index contributed by atoms with van der Waals surface area (Å²) in [4.78, 5) is 0. The number of aryl methyl sites for hydroxylation is 1. The first kappa shape index (κ1) is 15.2. The van der Waals surface area contributed by atoms with E-state index < -0.39 is 10.0 Å². The molecular weight excluding hydrogens is 360 g/mol. The van der Waals surface area contributed by atoms with Crippen LogP contribution in [0.5, 0.6) is 0 Å². The molecule has 0 bridgehead atoms. The molecule has 19 heavy (non-hydrogen) atoms. The van der Waals surface area contributed by atoms with Crippen molar-refractivity contribution in [3.63, 3.8) is 0 Å². The van der Waals surface area contributed by atoms with Gasteiger partial charge in [-0.25, -0.2) is 13.1 Å². The second-order valence-corrected chi connectivity index (χ2v) is 7.21. The van der Waals surface area contributed by atoms with Gasteiger partial charge in [0.15, 0.2) is 4.60 Å². The zero-order valence-electron chi connectivity index (χ0n) is 10.5. The van der Waals surface area contributed by atoms with Gasteiger partial charge in [0.2, 0.25) is 5.03 Å². The van der Waals surface area contributed by atoms with Crippen molar-refractivity contribution in [2.24, 2.45) is 7.05 Å². The Balaban J connectivity index is 2.38. The van der Waals surface area contributed by atoms with Crippen molar-refractivity contribution in [1.29, 1.82) is 0 Å². The fourth-order valence-corrected chi connectivity index (χ4v) is 4.80. The van der Waals surface area contributed by atoms with E-state index in [9.17, 15) is 8.42 Å². The van der Waals surface area contributed by atoms with Crippen molar-refractivity contribution in [1.82, 2.24) is 19.3 Å². The third-order valence-electron chi connectivity index (χ3n) is 2.91. The van der Waals surface area contributed by atoms with E-state index in [0.717, 1.165) is 0 Å². The lowest BCUT2D eigenvalue weighted by molar-refractivity contribution is -0.0153. The molecule has 1 aliphatic rings. The monoisotopic (exact) mass is 372 g/mol. The van der Waals surface area contributed by atoms with Gasteiger partial charge in [-0.05, 0) is 22.9 Å². The van der Waals surface area contributed by atoms with Crippen molar-refractivity contribution in [2.75, 3.05) is 19.0 Å². The van der Waals surface area contributed by atoms with Crippen LogP contribution in [-0.4, -0.2) is 58.9 Å². The lowest BCUT2D eigenvalue weighted by Crippen LogP contribution is -2.51. The van der Waals surface area contributed by atoms with Crippen LogP contribution < -0.4 is 0 Å². The van der Waals surface area contributed by atoms with Gasteiger partial charge in [-0.2, -0.15) is 4.31 Å². The fourth-order valence-electron chi connectivity index (χ4n) is 1.93. The van der Waals surface area contributed by atoms with Gasteiger partial charge in [0, 0.05) is 25.5 Å². The minimum atomic E-state index is -3.69. The maximum atomic E-state index is 12.7. The molecule has 0 saturated carbocycles. The highest BCUT2D eigenvalue weighted by Gasteiger charge is 2.38. The summed E-state index contributed by atoms with van der Waals surface area (Å²) in [5, 5.41) is 7.44. The first-order valence-electron chi connectivity index (χ1n) is 5.62. The molecule has 0 aliphatic carbocycles. The van der Waals surface area contributed by atoms with E-state index in [2.05, 4.69) is 26.2 Å². The van der Waals surface area contributed by atoms with Gasteiger partial charge >= 0.3 is 0 Å². The molecule has 0 N–H and O–H groups in total. The van der Waals surface area contributed by atoms with Gasteiger partial charge in [0.1, 0.15) is 0 Å². The number of nitrogens with zero attached hydrogens (tertiary/aromatic N) is 4. The van der Waals surface area contributed by atoms with Crippen molar-refractivity contribution in [3.8, 4) is 0 Å².